The summed E-state index contributed by atoms with van der Waals surface area (Å²) in [5.74, 6) is -1.21. The molecule has 0 saturated heterocycles. The highest BCUT2D eigenvalue weighted by molar-refractivity contribution is 5.97. The number of non-ortho nitro benzene ring substituents is 1. The number of primary amides is 1. The van der Waals surface area contributed by atoms with Crippen LogP contribution < -0.4 is 11.1 Å². The SMILES string of the molecule is CC[C@H](NC(=O)c1cccc([N+](=O)[O-])c1)C(N)=O. The Labute approximate surface area is 103 Å². The molecule has 1 rings (SSSR count). The van der Waals surface area contributed by atoms with Crippen LogP contribution in [-0.4, -0.2) is 22.8 Å². The zero-order chi connectivity index (χ0) is 13.7. The van der Waals surface area contributed by atoms with Gasteiger partial charge in [-0.15, -0.1) is 0 Å². The van der Waals surface area contributed by atoms with E-state index in [9.17, 15) is 19.7 Å². The summed E-state index contributed by atoms with van der Waals surface area (Å²) in [6.45, 7) is 1.70. The number of benzene rings is 1. The molecule has 0 heterocycles. The molecule has 0 aliphatic heterocycles. The van der Waals surface area contributed by atoms with Gasteiger partial charge in [-0.1, -0.05) is 13.0 Å². The lowest BCUT2D eigenvalue weighted by atomic mass is 10.1. The second-order valence-corrected chi connectivity index (χ2v) is 3.64. The lowest BCUT2D eigenvalue weighted by molar-refractivity contribution is -0.384. The van der Waals surface area contributed by atoms with Crippen LogP contribution in [0.15, 0.2) is 24.3 Å². The summed E-state index contributed by atoms with van der Waals surface area (Å²) in [5, 5.41) is 13.0. The van der Waals surface area contributed by atoms with Crippen molar-refractivity contribution in [2.45, 2.75) is 19.4 Å². The maximum atomic E-state index is 11.8. The highest BCUT2D eigenvalue weighted by Gasteiger charge is 2.18. The second kappa shape index (κ2) is 5.76. The lowest BCUT2D eigenvalue weighted by Gasteiger charge is -2.12. The number of rotatable bonds is 5. The molecule has 7 nitrogen and oxygen atoms in total. The van der Waals surface area contributed by atoms with Crippen LogP contribution in [0.5, 0.6) is 0 Å². The van der Waals surface area contributed by atoms with E-state index in [4.69, 9.17) is 5.73 Å². The number of nitro benzene ring substituents is 1. The summed E-state index contributed by atoms with van der Waals surface area (Å²) in [7, 11) is 0. The first-order chi connectivity index (χ1) is 8.45. The van der Waals surface area contributed by atoms with Crippen molar-refractivity contribution in [1.82, 2.24) is 5.32 Å². The van der Waals surface area contributed by atoms with Gasteiger partial charge in [-0.05, 0) is 12.5 Å². The van der Waals surface area contributed by atoms with Crippen molar-refractivity contribution in [2.24, 2.45) is 5.73 Å². The van der Waals surface area contributed by atoms with Crippen LogP contribution >= 0.6 is 0 Å². The predicted octanol–water partition coefficient (Wildman–Crippen LogP) is 0.589. The summed E-state index contributed by atoms with van der Waals surface area (Å²) in [5.41, 5.74) is 5.02. The first-order valence-corrected chi connectivity index (χ1v) is 5.30. The summed E-state index contributed by atoms with van der Waals surface area (Å²) in [6, 6.07) is 4.47. The number of nitrogens with zero attached hydrogens (tertiary/aromatic N) is 1. The predicted molar refractivity (Wildman–Crippen MR) is 63.8 cm³/mol. The molecule has 2 amide bonds. The molecule has 0 aromatic heterocycles. The molecule has 0 bridgehead atoms. The summed E-state index contributed by atoms with van der Waals surface area (Å²) in [4.78, 5) is 32.7. The van der Waals surface area contributed by atoms with E-state index in [-0.39, 0.29) is 11.3 Å². The number of hydrogen-bond acceptors (Lipinski definition) is 4. The summed E-state index contributed by atoms with van der Waals surface area (Å²) < 4.78 is 0. The average molecular weight is 251 g/mol. The maximum absolute atomic E-state index is 11.8. The van der Waals surface area contributed by atoms with Crippen molar-refractivity contribution in [3.05, 3.63) is 39.9 Å². The van der Waals surface area contributed by atoms with Crippen LogP contribution in [0.4, 0.5) is 5.69 Å². The van der Waals surface area contributed by atoms with E-state index in [1.54, 1.807) is 6.92 Å². The van der Waals surface area contributed by atoms with Crippen molar-refractivity contribution in [1.29, 1.82) is 0 Å². The molecule has 3 N–H and O–H groups in total. The van der Waals surface area contributed by atoms with E-state index in [1.165, 1.54) is 18.2 Å². The van der Waals surface area contributed by atoms with Crippen molar-refractivity contribution in [3.8, 4) is 0 Å². The smallest absolute Gasteiger partial charge is 0.270 e. The molecule has 0 radical (unpaired) electrons. The fourth-order valence-corrected chi connectivity index (χ4v) is 1.38. The third kappa shape index (κ3) is 3.27. The first kappa shape index (κ1) is 13.6. The van der Waals surface area contributed by atoms with E-state index >= 15 is 0 Å². The van der Waals surface area contributed by atoms with Gasteiger partial charge in [0, 0.05) is 17.7 Å². The van der Waals surface area contributed by atoms with Crippen molar-refractivity contribution in [3.63, 3.8) is 0 Å². The Balaban J connectivity index is 2.87. The molecular formula is C11H13N3O4. The Morgan fingerprint density at radius 2 is 2.17 bits per heavy atom. The Kier molecular flexibility index (Phi) is 4.36. The van der Waals surface area contributed by atoms with Crippen LogP contribution in [-0.2, 0) is 4.79 Å². The zero-order valence-electron chi connectivity index (χ0n) is 9.75. The quantitative estimate of drug-likeness (QED) is 0.588. The number of amides is 2. The molecule has 1 aromatic carbocycles. The number of nitrogens with one attached hydrogen (secondary N) is 1. The largest absolute Gasteiger partial charge is 0.368 e. The molecule has 18 heavy (non-hydrogen) atoms. The molecule has 7 heteroatoms. The highest BCUT2D eigenvalue weighted by Crippen LogP contribution is 2.13. The summed E-state index contributed by atoms with van der Waals surface area (Å²) >= 11 is 0. The van der Waals surface area contributed by atoms with Gasteiger partial charge in [0.1, 0.15) is 6.04 Å². The second-order valence-electron chi connectivity index (χ2n) is 3.64. The number of nitrogens with two attached hydrogens (primary N) is 1. The molecule has 1 atom stereocenters. The Hall–Kier alpha value is -2.44. The van der Waals surface area contributed by atoms with Gasteiger partial charge in [0.25, 0.3) is 11.6 Å². The van der Waals surface area contributed by atoms with Gasteiger partial charge >= 0.3 is 0 Å². The number of carbonyl (C=O) groups excluding carboxylic acids is 2. The molecule has 0 unspecified atom stereocenters. The van der Waals surface area contributed by atoms with Crippen molar-refractivity contribution in [2.75, 3.05) is 0 Å². The monoisotopic (exact) mass is 251 g/mol. The highest BCUT2D eigenvalue weighted by atomic mass is 16.6. The van der Waals surface area contributed by atoms with Gasteiger partial charge in [0.2, 0.25) is 5.91 Å². The molecule has 0 fully saturated rings. The molecule has 1 aromatic rings. The molecule has 96 valence electrons. The van der Waals surface area contributed by atoms with E-state index in [0.717, 1.165) is 6.07 Å². The first-order valence-electron chi connectivity index (χ1n) is 5.30. The van der Waals surface area contributed by atoms with Gasteiger partial charge < -0.3 is 11.1 Å². The summed E-state index contributed by atoms with van der Waals surface area (Å²) in [6.07, 6.45) is 0.357. The minimum absolute atomic E-state index is 0.115. The fraction of sp³-hybridized carbons (Fsp3) is 0.273. The fourth-order valence-electron chi connectivity index (χ4n) is 1.38. The van der Waals surface area contributed by atoms with Crippen LogP contribution in [0.1, 0.15) is 23.7 Å². The van der Waals surface area contributed by atoms with Gasteiger partial charge in [-0.3, -0.25) is 19.7 Å². The van der Waals surface area contributed by atoms with Crippen LogP contribution in [0, 0.1) is 10.1 Å². The van der Waals surface area contributed by atoms with Crippen LogP contribution in [0.25, 0.3) is 0 Å². The topological polar surface area (TPSA) is 115 Å². The van der Waals surface area contributed by atoms with Gasteiger partial charge in [0.05, 0.1) is 4.92 Å². The van der Waals surface area contributed by atoms with E-state index < -0.39 is 22.8 Å². The molecule has 0 saturated carbocycles. The minimum atomic E-state index is -0.781. The van der Waals surface area contributed by atoms with Crippen molar-refractivity contribution >= 4 is 17.5 Å². The Bertz CT molecular complexity index is 487. The molecule has 0 aliphatic rings. The number of carbonyl (C=O) groups is 2. The van der Waals surface area contributed by atoms with Crippen LogP contribution in [0.2, 0.25) is 0 Å². The van der Waals surface area contributed by atoms with E-state index in [1.807, 2.05) is 0 Å². The molecular weight excluding hydrogens is 238 g/mol. The average Bonchev–Trinajstić information content (AvgIpc) is 2.35. The van der Waals surface area contributed by atoms with E-state index in [0.29, 0.717) is 6.42 Å². The number of hydrogen-bond donors (Lipinski definition) is 2. The van der Waals surface area contributed by atoms with E-state index in [2.05, 4.69) is 5.32 Å². The normalized spacial score (nSPS) is 11.6. The number of nitro groups is 1. The standard InChI is InChI=1S/C11H13N3O4/c1-2-9(10(12)15)13-11(16)7-4-3-5-8(6-7)14(17)18/h3-6,9H,2H2,1H3,(H2,12,15)(H,13,16)/t9-/m0/s1. The van der Waals surface area contributed by atoms with Gasteiger partial charge in [-0.2, -0.15) is 0 Å². The third-order valence-corrected chi connectivity index (χ3v) is 2.38. The maximum Gasteiger partial charge on any atom is 0.270 e. The van der Waals surface area contributed by atoms with Gasteiger partial charge in [0.15, 0.2) is 0 Å². The van der Waals surface area contributed by atoms with Gasteiger partial charge in [-0.25, -0.2) is 0 Å². The zero-order valence-corrected chi connectivity index (χ0v) is 9.75. The van der Waals surface area contributed by atoms with Crippen LogP contribution in [0.3, 0.4) is 0 Å². The third-order valence-electron chi connectivity index (χ3n) is 2.38. The lowest BCUT2D eigenvalue weighted by Crippen LogP contribution is -2.43. The Morgan fingerprint density at radius 3 is 2.67 bits per heavy atom. The minimum Gasteiger partial charge on any atom is -0.368 e. The Morgan fingerprint density at radius 1 is 1.50 bits per heavy atom. The van der Waals surface area contributed by atoms with Crippen molar-refractivity contribution < 1.29 is 14.5 Å². The molecule has 0 spiro atoms. The molecule has 0 aliphatic carbocycles.